The Balaban J connectivity index is 2.48. The fraction of sp³-hybridized carbons (Fsp3) is 0.857. The maximum absolute atomic E-state index is 12.5. The SMILES string of the molecule is COCCN(C(=O)N1CCC(CCC(=O)O)C1)C(C)C. The average Bonchev–Trinajstić information content (AvgIpc) is 2.85. The smallest absolute Gasteiger partial charge is 0.320 e. The predicted molar refractivity (Wildman–Crippen MR) is 75.7 cm³/mol. The monoisotopic (exact) mass is 286 g/mol. The molecule has 2 amide bonds. The van der Waals surface area contributed by atoms with Gasteiger partial charge >= 0.3 is 12.0 Å². The molecule has 1 saturated heterocycles. The molecular weight excluding hydrogens is 260 g/mol. The zero-order chi connectivity index (χ0) is 15.1. The number of urea groups is 1. The van der Waals surface area contributed by atoms with Crippen molar-refractivity contribution in [3.63, 3.8) is 0 Å². The summed E-state index contributed by atoms with van der Waals surface area (Å²) in [6.07, 6.45) is 1.73. The van der Waals surface area contributed by atoms with E-state index in [0.29, 0.717) is 32.0 Å². The average molecular weight is 286 g/mol. The lowest BCUT2D eigenvalue weighted by Crippen LogP contribution is -2.46. The Morgan fingerprint density at radius 2 is 2.15 bits per heavy atom. The van der Waals surface area contributed by atoms with E-state index in [1.54, 1.807) is 7.11 Å². The Kier molecular flexibility index (Phi) is 6.78. The molecule has 1 aliphatic heterocycles. The predicted octanol–water partition coefficient (Wildman–Crippen LogP) is 1.65. The number of ether oxygens (including phenoxy) is 1. The highest BCUT2D eigenvalue weighted by atomic mass is 16.5. The Bertz CT molecular complexity index is 333. The van der Waals surface area contributed by atoms with Crippen LogP contribution in [0.1, 0.15) is 33.1 Å². The first-order chi connectivity index (χ1) is 9.45. The molecule has 1 N–H and O–H groups in total. The van der Waals surface area contributed by atoms with Crippen LogP contribution in [0.25, 0.3) is 0 Å². The molecule has 0 spiro atoms. The molecule has 0 bridgehead atoms. The van der Waals surface area contributed by atoms with Crippen molar-refractivity contribution >= 4 is 12.0 Å². The molecule has 116 valence electrons. The number of amides is 2. The van der Waals surface area contributed by atoms with Crippen LogP contribution in [0.3, 0.4) is 0 Å². The van der Waals surface area contributed by atoms with E-state index in [4.69, 9.17) is 9.84 Å². The molecule has 0 aromatic carbocycles. The molecule has 0 saturated carbocycles. The maximum Gasteiger partial charge on any atom is 0.320 e. The van der Waals surface area contributed by atoms with Crippen molar-refractivity contribution in [2.75, 3.05) is 33.4 Å². The van der Waals surface area contributed by atoms with E-state index in [1.165, 1.54) is 0 Å². The van der Waals surface area contributed by atoms with Crippen LogP contribution in [-0.2, 0) is 9.53 Å². The van der Waals surface area contributed by atoms with Crippen molar-refractivity contribution < 1.29 is 19.4 Å². The molecule has 6 nitrogen and oxygen atoms in total. The van der Waals surface area contributed by atoms with Gasteiger partial charge in [0.25, 0.3) is 0 Å². The number of carboxylic acids is 1. The highest BCUT2D eigenvalue weighted by Gasteiger charge is 2.30. The zero-order valence-electron chi connectivity index (χ0n) is 12.7. The van der Waals surface area contributed by atoms with E-state index in [2.05, 4.69) is 0 Å². The van der Waals surface area contributed by atoms with Crippen LogP contribution in [0.4, 0.5) is 4.79 Å². The molecule has 1 rings (SSSR count). The number of nitrogens with zero attached hydrogens (tertiary/aromatic N) is 2. The lowest BCUT2D eigenvalue weighted by atomic mass is 10.0. The van der Waals surface area contributed by atoms with Crippen molar-refractivity contribution in [2.45, 2.75) is 39.2 Å². The summed E-state index contributed by atoms with van der Waals surface area (Å²) in [5.41, 5.74) is 0. The minimum Gasteiger partial charge on any atom is -0.481 e. The third-order valence-electron chi connectivity index (χ3n) is 3.73. The van der Waals surface area contributed by atoms with Gasteiger partial charge in [0, 0.05) is 39.2 Å². The molecule has 0 radical (unpaired) electrons. The van der Waals surface area contributed by atoms with Gasteiger partial charge < -0.3 is 19.6 Å². The normalized spacial score (nSPS) is 18.6. The first kappa shape index (κ1) is 16.8. The molecule has 1 fully saturated rings. The Hall–Kier alpha value is -1.30. The summed E-state index contributed by atoms with van der Waals surface area (Å²) in [4.78, 5) is 26.7. The molecular formula is C14H26N2O4. The minimum atomic E-state index is -0.765. The van der Waals surface area contributed by atoms with Crippen molar-refractivity contribution in [2.24, 2.45) is 5.92 Å². The maximum atomic E-state index is 12.5. The van der Waals surface area contributed by atoms with E-state index in [0.717, 1.165) is 13.0 Å². The molecule has 0 aromatic rings. The summed E-state index contributed by atoms with van der Waals surface area (Å²) in [6.45, 7) is 6.49. The highest BCUT2D eigenvalue weighted by Crippen LogP contribution is 2.22. The largest absolute Gasteiger partial charge is 0.481 e. The number of likely N-dealkylation sites (tertiary alicyclic amines) is 1. The van der Waals surface area contributed by atoms with Gasteiger partial charge in [0.15, 0.2) is 0 Å². The van der Waals surface area contributed by atoms with Crippen LogP contribution in [-0.4, -0.2) is 66.3 Å². The van der Waals surface area contributed by atoms with Crippen LogP contribution in [0.5, 0.6) is 0 Å². The number of hydrogen-bond acceptors (Lipinski definition) is 3. The van der Waals surface area contributed by atoms with E-state index >= 15 is 0 Å². The summed E-state index contributed by atoms with van der Waals surface area (Å²) in [5, 5.41) is 8.70. The van der Waals surface area contributed by atoms with Gasteiger partial charge in [-0.1, -0.05) is 0 Å². The first-order valence-corrected chi connectivity index (χ1v) is 7.22. The van der Waals surface area contributed by atoms with Gasteiger partial charge in [0.05, 0.1) is 6.61 Å². The van der Waals surface area contributed by atoms with E-state index in [9.17, 15) is 9.59 Å². The summed E-state index contributed by atoms with van der Waals surface area (Å²) >= 11 is 0. The van der Waals surface area contributed by atoms with Crippen molar-refractivity contribution in [3.8, 4) is 0 Å². The molecule has 1 unspecified atom stereocenters. The minimum absolute atomic E-state index is 0.0369. The number of aliphatic carboxylic acids is 1. The summed E-state index contributed by atoms with van der Waals surface area (Å²) in [7, 11) is 1.63. The van der Waals surface area contributed by atoms with Gasteiger partial charge in [-0.3, -0.25) is 4.79 Å². The number of methoxy groups -OCH3 is 1. The Morgan fingerprint density at radius 3 is 2.70 bits per heavy atom. The topological polar surface area (TPSA) is 70.1 Å². The van der Waals surface area contributed by atoms with Crippen LogP contribution in [0.15, 0.2) is 0 Å². The lowest BCUT2D eigenvalue weighted by Gasteiger charge is -2.31. The van der Waals surface area contributed by atoms with Crippen molar-refractivity contribution in [3.05, 3.63) is 0 Å². The van der Waals surface area contributed by atoms with E-state index in [-0.39, 0.29) is 18.5 Å². The van der Waals surface area contributed by atoms with Crippen LogP contribution < -0.4 is 0 Å². The number of rotatable bonds is 7. The Morgan fingerprint density at radius 1 is 1.45 bits per heavy atom. The van der Waals surface area contributed by atoms with Gasteiger partial charge in [0.1, 0.15) is 0 Å². The van der Waals surface area contributed by atoms with Crippen LogP contribution in [0, 0.1) is 5.92 Å². The second-order valence-electron chi connectivity index (χ2n) is 5.60. The fourth-order valence-electron chi connectivity index (χ4n) is 2.52. The highest BCUT2D eigenvalue weighted by molar-refractivity contribution is 5.75. The first-order valence-electron chi connectivity index (χ1n) is 7.22. The second-order valence-corrected chi connectivity index (χ2v) is 5.60. The molecule has 1 atom stereocenters. The molecule has 0 aliphatic carbocycles. The van der Waals surface area contributed by atoms with E-state index in [1.807, 2.05) is 23.6 Å². The molecule has 1 aliphatic rings. The summed E-state index contributed by atoms with van der Waals surface area (Å²) in [5.74, 6) is -0.454. The number of carboxylic acid groups (broad SMARTS) is 1. The molecule has 6 heteroatoms. The molecule has 20 heavy (non-hydrogen) atoms. The van der Waals surface area contributed by atoms with Gasteiger partial charge in [-0.25, -0.2) is 4.79 Å². The zero-order valence-corrected chi connectivity index (χ0v) is 12.7. The lowest BCUT2D eigenvalue weighted by molar-refractivity contribution is -0.137. The number of hydrogen-bond donors (Lipinski definition) is 1. The fourth-order valence-corrected chi connectivity index (χ4v) is 2.52. The van der Waals surface area contributed by atoms with Gasteiger partial charge in [-0.2, -0.15) is 0 Å². The standard InChI is InChI=1S/C14H26N2O4/c1-11(2)16(8-9-20-3)14(19)15-7-6-12(10-15)4-5-13(17)18/h11-12H,4-10H2,1-3H3,(H,17,18). The van der Waals surface area contributed by atoms with Gasteiger partial charge in [-0.05, 0) is 32.6 Å². The van der Waals surface area contributed by atoms with E-state index < -0.39 is 5.97 Å². The summed E-state index contributed by atoms with van der Waals surface area (Å²) in [6, 6.07) is 0.172. The van der Waals surface area contributed by atoms with Gasteiger partial charge in [-0.15, -0.1) is 0 Å². The second kappa shape index (κ2) is 8.09. The van der Waals surface area contributed by atoms with Gasteiger partial charge in [0.2, 0.25) is 0 Å². The van der Waals surface area contributed by atoms with Crippen molar-refractivity contribution in [1.29, 1.82) is 0 Å². The number of carbonyl (C=O) groups excluding carboxylic acids is 1. The third-order valence-corrected chi connectivity index (χ3v) is 3.73. The Labute approximate surface area is 120 Å². The third kappa shape index (κ3) is 5.00. The number of carbonyl (C=O) groups is 2. The molecule has 0 aromatic heterocycles. The van der Waals surface area contributed by atoms with Crippen molar-refractivity contribution in [1.82, 2.24) is 9.80 Å². The van der Waals surface area contributed by atoms with Crippen LogP contribution >= 0.6 is 0 Å². The quantitative estimate of drug-likeness (QED) is 0.772. The van der Waals surface area contributed by atoms with Crippen LogP contribution in [0.2, 0.25) is 0 Å². The molecule has 1 heterocycles. The summed E-state index contributed by atoms with van der Waals surface area (Å²) < 4.78 is 5.04.